The van der Waals surface area contributed by atoms with E-state index in [-0.39, 0.29) is 0 Å². The van der Waals surface area contributed by atoms with Crippen LogP contribution < -0.4 is 0 Å². The van der Waals surface area contributed by atoms with Crippen LogP contribution in [0.4, 0.5) is 4.79 Å². The van der Waals surface area contributed by atoms with Crippen LogP contribution in [0.1, 0.15) is 103 Å². The molecule has 0 aromatic carbocycles. The Morgan fingerprint density at radius 2 is 0.864 bits per heavy atom. The molecule has 3 nitrogen and oxygen atoms in total. The molecule has 0 aromatic heterocycles. The fourth-order valence-electron chi connectivity index (χ4n) is 2.62. The van der Waals surface area contributed by atoms with Gasteiger partial charge in [-0.05, 0) is 0 Å². The van der Waals surface area contributed by atoms with Gasteiger partial charge in [0.15, 0.2) is 0 Å². The summed E-state index contributed by atoms with van der Waals surface area (Å²) in [5.74, 6) is 0. The molecule has 0 radical (unpaired) electrons. The normalized spacial score (nSPS) is 10.1. The zero-order valence-electron chi connectivity index (χ0n) is 15.1. The second-order valence-corrected chi connectivity index (χ2v) is 6.23. The number of carboxylic acid groups (broad SMARTS) is 2. The van der Waals surface area contributed by atoms with Crippen molar-refractivity contribution in [2.24, 2.45) is 0 Å². The molecular weight excluding hydrogens is 271 g/mol. The SMILES string of the molecule is O=C(O)O.[Li][CH2]CCCCCCCCCCCCCCCC. The summed E-state index contributed by atoms with van der Waals surface area (Å²) in [5.41, 5.74) is 0. The molecule has 0 aliphatic carbocycles. The second-order valence-electron chi connectivity index (χ2n) is 6.23. The van der Waals surface area contributed by atoms with E-state index in [1.165, 1.54) is 101 Å². The van der Waals surface area contributed by atoms with Crippen LogP contribution in [0.2, 0.25) is 5.09 Å². The van der Waals surface area contributed by atoms with Crippen LogP contribution in [0.3, 0.4) is 0 Å². The van der Waals surface area contributed by atoms with E-state index in [0.29, 0.717) is 0 Å². The second kappa shape index (κ2) is 23.1. The molecule has 128 valence electrons. The topological polar surface area (TPSA) is 57.5 Å². The van der Waals surface area contributed by atoms with Gasteiger partial charge in [0.25, 0.3) is 0 Å². The molecule has 0 aliphatic rings. The zero-order valence-corrected chi connectivity index (χ0v) is 15.1. The van der Waals surface area contributed by atoms with Gasteiger partial charge >= 0.3 is 99.6 Å². The van der Waals surface area contributed by atoms with Crippen molar-refractivity contribution in [2.75, 3.05) is 0 Å². The van der Waals surface area contributed by atoms with Crippen LogP contribution in [-0.4, -0.2) is 34.1 Å². The molecule has 0 unspecified atom stereocenters. The van der Waals surface area contributed by atoms with Crippen molar-refractivity contribution < 1.29 is 15.0 Å². The van der Waals surface area contributed by atoms with Gasteiger partial charge in [-0.15, -0.1) is 0 Å². The molecule has 0 aliphatic heterocycles. The predicted molar refractivity (Wildman–Crippen MR) is 96.1 cm³/mol. The molecule has 0 atom stereocenters. The molecule has 0 amide bonds. The fourth-order valence-corrected chi connectivity index (χ4v) is 2.62. The van der Waals surface area contributed by atoms with Crippen molar-refractivity contribution in [3.63, 3.8) is 0 Å². The Morgan fingerprint density at radius 3 is 1.09 bits per heavy atom. The molecule has 2 N–H and O–H groups in total. The van der Waals surface area contributed by atoms with Gasteiger partial charge in [-0.1, -0.05) is 32.6 Å². The maximum atomic E-state index is 8.56. The number of rotatable bonds is 15. The molecule has 0 heterocycles. The van der Waals surface area contributed by atoms with Crippen LogP contribution in [-0.2, 0) is 0 Å². The molecule has 0 saturated heterocycles. The van der Waals surface area contributed by atoms with Crippen molar-refractivity contribution in [1.82, 2.24) is 0 Å². The Morgan fingerprint density at radius 1 is 0.636 bits per heavy atom. The van der Waals surface area contributed by atoms with Crippen molar-refractivity contribution in [3.8, 4) is 0 Å². The van der Waals surface area contributed by atoms with E-state index in [1.54, 1.807) is 0 Å². The first-order valence-electron chi connectivity index (χ1n) is 9.57. The van der Waals surface area contributed by atoms with E-state index in [2.05, 4.69) is 24.6 Å². The Kier molecular flexibility index (Phi) is 25.4. The number of carbonyl (C=O) groups is 1. The number of unbranched alkanes of at least 4 members (excludes halogenated alkanes) is 14. The summed E-state index contributed by atoms with van der Waals surface area (Å²) in [5, 5.41) is 15.3. The van der Waals surface area contributed by atoms with Gasteiger partial charge < -0.3 is 10.2 Å². The minimum atomic E-state index is -1.83. The number of hydrogen-bond acceptors (Lipinski definition) is 1. The Labute approximate surface area is 147 Å². The molecule has 22 heavy (non-hydrogen) atoms. The standard InChI is InChI=1S/C17H35.CH2O3.Li/c1-3-5-7-9-11-13-15-17-16-14-12-10-8-6-4-2;2-1(3)4;/h1,3-17H2,2H3;(H2,2,3,4);. The van der Waals surface area contributed by atoms with Gasteiger partial charge in [0.1, 0.15) is 0 Å². The molecule has 0 saturated carbocycles. The maximum absolute atomic E-state index is 8.56. The fraction of sp³-hybridized carbons (Fsp3) is 0.944. The zero-order chi connectivity index (χ0) is 16.9. The molecule has 0 rings (SSSR count). The molecule has 0 bridgehead atoms. The molecule has 4 heteroatoms. The van der Waals surface area contributed by atoms with Crippen LogP contribution in [0.15, 0.2) is 0 Å². The van der Waals surface area contributed by atoms with Gasteiger partial charge in [-0.3, -0.25) is 0 Å². The van der Waals surface area contributed by atoms with Gasteiger partial charge in [-0.25, -0.2) is 4.79 Å². The first-order valence-corrected chi connectivity index (χ1v) is 9.57. The van der Waals surface area contributed by atoms with Crippen molar-refractivity contribution >= 4 is 23.9 Å². The van der Waals surface area contributed by atoms with Crippen molar-refractivity contribution in [1.29, 1.82) is 0 Å². The summed E-state index contributed by atoms with van der Waals surface area (Å²) >= 11 is 2.29. The van der Waals surface area contributed by atoms with Crippen molar-refractivity contribution in [2.45, 2.75) is 108 Å². The van der Waals surface area contributed by atoms with Crippen molar-refractivity contribution in [3.05, 3.63) is 0 Å². The van der Waals surface area contributed by atoms with Gasteiger partial charge in [0, 0.05) is 0 Å². The summed E-state index contributed by atoms with van der Waals surface area (Å²) in [6, 6.07) is 0. The molecule has 0 spiro atoms. The predicted octanol–water partition coefficient (Wildman–Crippen LogP) is 6.67. The summed E-state index contributed by atoms with van der Waals surface area (Å²) in [6.07, 6.45) is 20.2. The van der Waals surface area contributed by atoms with Crippen LogP contribution in [0.25, 0.3) is 0 Å². The van der Waals surface area contributed by atoms with E-state index in [4.69, 9.17) is 15.0 Å². The average Bonchev–Trinajstić information content (AvgIpc) is 2.47. The quantitative estimate of drug-likeness (QED) is 0.262. The Balaban J connectivity index is 0. The van der Waals surface area contributed by atoms with Gasteiger partial charge in [0.05, 0.1) is 0 Å². The summed E-state index contributed by atoms with van der Waals surface area (Å²) < 4.78 is 0. The van der Waals surface area contributed by atoms with E-state index in [9.17, 15) is 0 Å². The monoisotopic (exact) mass is 308 g/mol. The van der Waals surface area contributed by atoms with Gasteiger partial charge in [-0.2, -0.15) is 0 Å². The summed E-state index contributed by atoms with van der Waals surface area (Å²) in [4.78, 5) is 8.56. The molecular formula is C18H37LiO3. The van der Waals surface area contributed by atoms with E-state index < -0.39 is 6.16 Å². The van der Waals surface area contributed by atoms with E-state index in [0.717, 1.165) is 0 Å². The third kappa shape index (κ3) is 32.0. The number of hydrogen-bond donors (Lipinski definition) is 2. The minimum Gasteiger partial charge on any atom is -0.0654 e. The van der Waals surface area contributed by atoms with E-state index >= 15 is 0 Å². The summed E-state index contributed by atoms with van der Waals surface area (Å²) in [7, 11) is 0. The van der Waals surface area contributed by atoms with Crippen LogP contribution >= 0.6 is 0 Å². The smallest absolute Gasteiger partial charge is 0.0654 e. The van der Waals surface area contributed by atoms with E-state index in [1.807, 2.05) is 0 Å². The van der Waals surface area contributed by atoms with Crippen LogP contribution in [0, 0.1) is 0 Å². The third-order valence-electron chi connectivity index (χ3n) is 3.96. The minimum absolute atomic E-state index is 1.37. The first kappa shape index (κ1) is 24.1. The molecule has 0 aromatic rings. The third-order valence-corrected chi connectivity index (χ3v) is 3.96. The van der Waals surface area contributed by atoms with Gasteiger partial charge in [0.2, 0.25) is 0 Å². The van der Waals surface area contributed by atoms with Crippen LogP contribution in [0.5, 0.6) is 0 Å². The molecule has 0 fully saturated rings. The summed E-state index contributed by atoms with van der Waals surface area (Å²) in [6.45, 7) is 2.29. The first-order chi connectivity index (χ1) is 10.6. The Hall–Kier alpha value is -0.133. The average molecular weight is 308 g/mol. The Bertz CT molecular complexity index is 191.